The molecule has 0 aromatic rings. The van der Waals surface area contributed by atoms with E-state index >= 15 is 0 Å². The van der Waals surface area contributed by atoms with Gasteiger partial charge in [0.05, 0.1) is 0 Å². The fourth-order valence-corrected chi connectivity index (χ4v) is 2.05. The fraction of sp³-hybridized carbons (Fsp3) is 0.762. The minimum atomic E-state index is 0. The van der Waals surface area contributed by atoms with Crippen LogP contribution in [0.4, 0.5) is 0 Å². The summed E-state index contributed by atoms with van der Waals surface area (Å²) in [5.74, 6) is 5.89. The molecule has 0 bridgehead atoms. The first kappa shape index (κ1) is 77.2. The van der Waals surface area contributed by atoms with Crippen molar-refractivity contribution in [2.45, 2.75) is 164 Å². The van der Waals surface area contributed by atoms with Gasteiger partial charge in [0, 0.05) is 98.1 Å². The van der Waals surface area contributed by atoms with Crippen molar-refractivity contribution in [1.29, 1.82) is 0 Å². The third-order valence-corrected chi connectivity index (χ3v) is 3.10. The van der Waals surface area contributed by atoms with E-state index in [2.05, 4.69) is 157 Å². The molecule has 45 heavy (non-hydrogen) atoms. The topological polar surface area (TPSA) is 0 Å². The molecule has 0 aliphatic heterocycles. The average Bonchev–Trinajstić information content (AvgIpc) is 2.75. The molecule has 0 aliphatic rings. The van der Waals surface area contributed by atoms with E-state index in [1.54, 1.807) is 0 Å². The van der Waals surface area contributed by atoms with E-state index in [0.29, 0.717) is 17.8 Å². The fourth-order valence-electron chi connectivity index (χ4n) is 2.05. The van der Waals surface area contributed by atoms with E-state index in [9.17, 15) is 0 Å². The molecule has 0 amide bonds. The molecule has 0 nitrogen and oxygen atoms in total. The Bertz CT molecular complexity index is 375. The van der Waals surface area contributed by atoms with Crippen LogP contribution in [0.1, 0.15) is 164 Å². The van der Waals surface area contributed by atoms with Crippen LogP contribution in [-0.2, 0) is 98.1 Å². The molecule has 3 heteroatoms. The molecule has 0 aromatic heterocycles. The van der Waals surface area contributed by atoms with Gasteiger partial charge in [-0.1, -0.05) is 135 Å². The quantitative estimate of drug-likeness (QED) is 0.168. The maximum Gasteiger partial charge on any atom is 0 e. The van der Waals surface area contributed by atoms with Crippen LogP contribution in [0.5, 0.6) is 0 Å². The van der Waals surface area contributed by atoms with Gasteiger partial charge in [-0.15, -0.1) is 0 Å². The van der Waals surface area contributed by atoms with Gasteiger partial charge in [0.25, 0.3) is 0 Å². The van der Waals surface area contributed by atoms with Crippen LogP contribution in [-0.4, -0.2) is 0 Å². The second-order valence-electron chi connectivity index (χ2n) is 14.2. The van der Waals surface area contributed by atoms with Crippen LogP contribution >= 0.6 is 0 Å². The van der Waals surface area contributed by atoms with Crippen molar-refractivity contribution in [3.63, 3.8) is 0 Å². The summed E-state index contributed by atoms with van der Waals surface area (Å²) in [5.41, 5.74) is 0. The van der Waals surface area contributed by atoms with Crippen LogP contribution in [0.25, 0.3) is 0 Å². The van der Waals surface area contributed by atoms with Gasteiger partial charge in [0.15, 0.2) is 0 Å². The summed E-state index contributed by atoms with van der Waals surface area (Å²) in [7, 11) is 0. The minimum absolute atomic E-state index is 0. The zero-order valence-corrected chi connectivity index (χ0v) is 44.0. The SMILES string of the molecule is CC(C)CC(C)C.CC(C)CC=CCC(C)C.C[CH-]C.C[CH-]C.[CH2-]C(C)C.[CH2-]C(C)C.[CH2-]C(C)C.[CH2-]C=CCC(C)C.[Y].[Y].[Y]. The summed E-state index contributed by atoms with van der Waals surface area (Å²) in [6.07, 6.45) is 17.5. The van der Waals surface area contributed by atoms with Crippen LogP contribution in [0.15, 0.2) is 24.3 Å². The molecule has 0 aromatic carbocycles. The number of hydrogen-bond donors (Lipinski definition) is 0. The Hall–Kier alpha value is 2.66. The van der Waals surface area contributed by atoms with Crippen molar-refractivity contribution in [2.24, 2.45) is 47.3 Å². The average molecular weight is 862 g/mol. The molecule has 0 saturated carbocycles. The summed E-state index contributed by atoms with van der Waals surface area (Å²) >= 11 is 0. The Balaban J connectivity index is -0.0000000335. The largest absolute Gasteiger partial charge is 0.341 e. The van der Waals surface area contributed by atoms with Gasteiger partial charge < -0.3 is 33.6 Å². The molecule has 0 spiro atoms. The van der Waals surface area contributed by atoms with Crippen LogP contribution in [0, 0.1) is 87.9 Å². The van der Waals surface area contributed by atoms with E-state index in [4.69, 9.17) is 0 Å². The third-order valence-electron chi connectivity index (χ3n) is 3.10. The van der Waals surface area contributed by atoms with E-state index in [-0.39, 0.29) is 98.1 Å². The normalized spacial score (nSPS) is 9.40. The van der Waals surface area contributed by atoms with Crippen LogP contribution in [0.2, 0.25) is 0 Å². The van der Waals surface area contributed by atoms with Gasteiger partial charge in [-0.3, -0.25) is 0 Å². The Morgan fingerprint density at radius 2 is 0.556 bits per heavy atom. The summed E-state index contributed by atoms with van der Waals surface area (Å²) < 4.78 is 0. The van der Waals surface area contributed by atoms with Crippen molar-refractivity contribution >= 4 is 0 Å². The predicted molar refractivity (Wildman–Crippen MR) is 208 cm³/mol. The molecule has 0 N–H and O–H groups in total. The maximum atomic E-state index is 3.64. The molecule has 273 valence electrons. The first-order chi connectivity index (χ1) is 19.0. The first-order valence-electron chi connectivity index (χ1n) is 17.1. The smallest absolute Gasteiger partial charge is 0 e. The Morgan fingerprint density at radius 3 is 0.622 bits per heavy atom. The zero-order chi connectivity index (χ0) is 35.7. The van der Waals surface area contributed by atoms with Gasteiger partial charge in [0.2, 0.25) is 0 Å². The molecule has 3 radical (unpaired) electrons. The molecular formula is C42H90Y3-6. The Morgan fingerprint density at radius 1 is 0.400 bits per heavy atom. The zero-order valence-electron chi connectivity index (χ0n) is 35.5. The van der Waals surface area contributed by atoms with E-state index in [0.717, 1.165) is 36.0 Å². The Labute approximate surface area is 370 Å². The van der Waals surface area contributed by atoms with Crippen molar-refractivity contribution in [3.05, 3.63) is 64.8 Å². The van der Waals surface area contributed by atoms with E-state index < -0.39 is 0 Å². The standard InChI is InChI=1S/C10H20.C7H16.C7H13.3C4H9.2C3H7.3Y/c1-9(2)7-5-6-8-10(3)4;1-6(2)5-7(3)4;1-4-5-6-7(2)3;3*1-4(2)3;2*1-3-2;;;/h5-6,9-10H,7-8H2,1-4H3;6-7H,5H2,1-4H3;4-5,7H,1,6H2,2-3H3;3*4H,1H2,2-3H3;2*3H,1-2H3;;;/q;;6*-1;;;. The Kier molecular flexibility index (Phi) is 124. The van der Waals surface area contributed by atoms with Crippen molar-refractivity contribution in [3.8, 4) is 0 Å². The molecule has 0 saturated heterocycles. The minimum Gasteiger partial charge on any atom is -0.341 e. The second-order valence-corrected chi connectivity index (χ2v) is 14.2. The van der Waals surface area contributed by atoms with Crippen molar-refractivity contribution < 1.29 is 98.1 Å². The van der Waals surface area contributed by atoms with Crippen molar-refractivity contribution in [1.82, 2.24) is 0 Å². The second kappa shape index (κ2) is 72.4. The van der Waals surface area contributed by atoms with Gasteiger partial charge in [-0.25, -0.2) is 19.1 Å². The third kappa shape index (κ3) is 298. The van der Waals surface area contributed by atoms with Gasteiger partial charge in [0.1, 0.15) is 0 Å². The molecule has 0 rings (SSSR count). The number of rotatable bonds is 8. The van der Waals surface area contributed by atoms with Gasteiger partial charge in [-0.05, 0) is 42.9 Å². The van der Waals surface area contributed by atoms with E-state index in [1.165, 1.54) is 19.3 Å². The van der Waals surface area contributed by atoms with E-state index in [1.807, 2.05) is 46.6 Å². The molecule has 0 atom stereocenters. The van der Waals surface area contributed by atoms with Crippen molar-refractivity contribution in [2.75, 3.05) is 0 Å². The summed E-state index contributed by atoms with van der Waals surface area (Å²) in [6.45, 7) is 57.3. The summed E-state index contributed by atoms with van der Waals surface area (Å²) in [6, 6.07) is 0. The van der Waals surface area contributed by atoms with Gasteiger partial charge in [-0.2, -0.15) is 45.4 Å². The van der Waals surface area contributed by atoms with Crippen LogP contribution in [0.3, 0.4) is 0 Å². The number of hydrogen-bond acceptors (Lipinski definition) is 0. The molecule has 0 heterocycles. The van der Waals surface area contributed by atoms with Gasteiger partial charge >= 0.3 is 0 Å². The predicted octanol–water partition coefficient (Wildman–Crippen LogP) is 15.6. The summed E-state index contributed by atoms with van der Waals surface area (Å²) in [4.78, 5) is 0. The van der Waals surface area contributed by atoms with Crippen LogP contribution < -0.4 is 0 Å². The molecule has 0 aliphatic carbocycles. The maximum absolute atomic E-state index is 3.64. The molecule has 0 unspecified atom stereocenters. The monoisotopic (exact) mass is 861 g/mol. The summed E-state index contributed by atoms with van der Waals surface area (Å²) in [5, 5.41) is 0. The number of allylic oxidation sites excluding steroid dienone is 4. The molecular weight excluding hydrogens is 771 g/mol. The molecule has 0 fully saturated rings. The first-order valence-corrected chi connectivity index (χ1v) is 17.1.